The quantitative estimate of drug-likeness (QED) is 0.523. The molecule has 0 aromatic heterocycles. The van der Waals surface area contributed by atoms with Crippen molar-refractivity contribution in [1.82, 2.24) is 10.4 Å². The molecule has 0 bridgehead atoms. The van der Waals surface area contributed by atoms with E-state index in [1.54, 1.807) is 11.2 Å². The minimum atomic E-state index is -0.326. The van der Waals surface area contributed by atoms with E-state index in [1.165, 1.54) is 0 Å². The molecule has 5 nitrogen and oxygen atoms in total. The van der Waals surface area contributed by atoms with Crippen molar-refractivity contribution in [3.63, 3.8) is 0 Å². The van der Waals surface area contributed by atoms with E-state index in [4.69, 9.17) is 5.73 Å². The Kier molecular flexibility index (Phi) is 1.58. The zero-order chi connectivity index (χ0) is 8.55. The van der Waals surface area contributed by atoms with Crippen molar-refractivity contribution in [2.24, 2.45) is 10.7 Å². The molecule has 64 valence electrons. The number of hydrazine groups is 1. The number of primary amides is 1. The standard InChI is InChI=1S/C7H10N4O/c8-7(12)5-4-6-9-2-1-3-11(6)10-5/h1-3,5-6,10H,4H2,(H2,8,12). The van der Waals surface area contributed by atoms with Gasteiger partial charge in [-0.3, -0.25) is 14.8 Å². The molecule has 2 unspecified atom stereocenters. The molecule has 5 heteroatoms. The molecule has 2 aliphatic heterocycles. The van der Waals surface area contributed by atoms with E-state index in [0.29, 0.717) is 6.42 Å². The van der Waals surface area contributed by atoms with Crippen molar-refractivity contribution >= 4 is 12.1 Å². The van der Waals surface area contributed by atoms with Crippen molar-refractivity contribution < 1.29 is 4.79 Å². The first-order chi connectivity index (χ1) is 5.77. The van der Waals surface area contributed by atoms with Gasteiger partial charge in [0.05, 0.1) is 0 Å². The molecule has 2 aliphatic rings. The van der Waals surface area contributed by atoms with Gasteiger partial charge in [0.25, 0.3) is 0 Å². The predicted molar refractivity (Wildman–Crippen MR) is 44.0 cm³/mol. The molecule has 0 spiro atoms. The van der Waals surface area contributed by atoms with E-state index in [2.05, 4.69) is 10.4 Å². The lowest BCUT2D eigenvalue weighted by Gasteiger charge is -2.20. The lowest BCUT2D eigenvalue weighted by molar-refractivity contribution is -0.120. The Morgan fingerprint density at radius 2 is 2.58 bits per heavy atom. The third kappa shape index (κ3) is 1.08. The second-order valence-corrected chi connectivity index (χ2v) is 2.85. The zero-order valence-electron chi connectivity index (χ0n) is 6.47. The number of hydrogen-bond donors (Lipinski definition) is 2. The van der Waals surface area contributed by atoms with Crippen molar-refractivity contribution in [1.29, 1.82) is 0 Å². The summed E-state index contributed by atoms with van der Waals surface area (Å²) in [5, 5.41) is 1.80. The van der Waals surface area contributed by atoms with Crippen LogP contribution in [0.3, 0.4) is 0 Å². The van der Waals surface area contributed by atoms with Crippen LogP contribution in [-0.4, -0.2) is 29.3 Å². The van der Waals surface area contributed by atoms with Crippen LogP contribution in [-0.2, 0) is 4.79 Å². The first-order valence-electron chi connectivity index (χ1n) is 3.81. The number of rotatable bonds is 1. The van der Waals surface area contributed by atoms with Crippen LogP contribution < -0.4 is 11.2 Å². The Morgan fingerprint density at radius 3 is 3.25 bits per heavy atom. The summed E-state index contributed by atoms with van der Waals surface area (Å²) >= 11 is 0. The Balaban J connectivity index is 2.10. The van der Waals surface area contributed by atoms with Crippen LogP contribution in [0.25, 0.3) is 0 Å². The van der Waals surface area contributed by atoms with Gasteiger partial charge >= 0.3 is 0 Å². The number of allylic oxidation sites excluding steroid dienone is 1. The highest BCUT2D eigenvalue weighted by Gasteiger charge is 2.32. The number of aliphatic imine (C=N–C) groups is 1. The van der Waals surface area contributed by atoms with Gasteiger partial charge in [-0.15, -0.1) is 0 Å². The SMILES string of the molecule is NC(=O)C1CC2N=CC=CN2N1. The second-order valence-electron chi connectivity index (χ2n) is 2.85. The fraction of sp³-hybridized carbons (Fsp3) is 0.429. The van der Waals surface area contributed by atoms with Crippen LogP contribution in [0.15, 0.2) is 17.3 Å². The average Bonchev–Trinajstić information content (AvgIpc) is 2.46. The summed E-state index contributed by atoms with van der Waals surface area (Å²) in [4.78, 5) is 15.0. The first-order valence-corrected chi connectivity index (χ1v) is 3.81. The third-order valence-corrected chi connectivity index (χ3v) is 2.01. The van der Waals surface area contributed by atoms with Gasteiger partial charge in [0.1, 0.15) is 12.2 Å². The Bertz CT molecular complexity index is 240. The van der Waals surface area contributed by atoms with Crippen LogP contribution in [0.5, 0.6) is 0 Å². The maximum absolute atomic E-state index is 10.8. The number of carbonyl (C=O) groups is 1. The summed E-state index contributed by atoms with van der Waals surface area (Å²) < 4.78 is 0. The number of hydrogen-bond acceptors (Lipinski definition) is 4. The minimum absolute atomic E-state index is 0.0347. The van der Waals surface area contributed by atoms with Gasteiger partial charge in [-0.2, -0.15) is 0 Å². The van der Waals surface area contributed by atoms with E-state index in [9.17, 15) is 4.79 Å². The molecule has 0 aliphatic carbocycles. The van der Waals surface area contributed by atoms with Crippen molar-refractivity contribution in [3.8, 4) is 0 Å². The molecular formula is C7H10N4O. The predicted octanol–water partition coefficient (Wildman–Crippen LogP) is -1.03. The van der Waals surface area contributed by atoms with Gasteiger partial charge < -0.3 is 5.73 Å². The molecule has 2 rings (SSSR count). The van der Waals surface area contributed by atoms with Gasteiger partial charge in [-0.25, -0.2) is 5.43 Å². The number of nitrogens with zero attached hydrogens (tertiary/aromatic N) is 2. The van der Waals surface area contributed by atoms with Gasteiger partial charge in [0.15, 0.2) is 0 Å². The molecule has 0 saturated carbocycles. The van der Waals surface area contributed by atoms with Gasteiger partial charge in [0, 0.05) is 18.8 Å². The van der Waals surface area contributed by atoms with E-state index in [0.717, 1.165) is 0 Å². The largest absolute Gasteiger partial charge is 0.368 e. The van der Waals surface area contributed by atoms with E-state index < -0.39 is 0 Å². The topological polar surface area (TPSA) is 70.7 Å². The van der Waals surface area contributed by atoms with Crippen molar-refractivity contribution in [2.75, 3.05) is 0 Å². The fourth-order valence-electron chi connectivity index (χ4n) is 1.38. The Morgan fingerprint density at radius 1 is 1.75 bits per heavy atom. The molecule has 1 amide bonds. The lowest BCUT2D eigenvalue weighted by Crippen LogP contribution is -2.41. The fourth-order valence-corrected chi connectivity index (χ4v) is 1.38. The van der Waals surface area contributed by atoms with Gasteiger partial charge in [0.2, 0.25) is 5.91 Å². The number of fused-ring (bicyclic) bond motifs is 1. The summed E-state index contributed by atoms with van der Waals surface area (Å²) in [5.74, 6) is -0.326. The zero-order valence-corrected chi connectivity index (χ0v) is 6.47. The smallest absolute Gasteiger partial charge is 0.236 e. The first kappa shape index (κ1) is 7.30. The van der Waals surface area contributed by atoms with Crippen LogP contribution in [0.1, 0.15) is 6.42 Å². The van der Waals surface area contributed by atoms with Crippen LogP contribution in [0.2, 0.25) is 0 Å². The second kappa shape index (κ2) is 2.60. The molecule has 3 N–H and O–H groups in total. The number of amides is 1. The molecule has 2 heterocycles. The molecule has 0 aromatic rings. The normalized spacial score (nSPS) is 32.2. The van der Waals surface area contributed by atoms with Crippen molar-refractivity contribution in [3.05, 3.63) is 12.3 Å². The highest BCUT2D eigenvalue weighted by molar-refractivity contribution is 5.80. The summed E-state index contributed by atoms with van der Waals surface area (Å²) in [5.41, 5.74) is 8.10. The monoisotopic (exact) mass is 166 g/mol. The van der Waals surface area contributed by atoms with E-state index in [1.807, 2.05) is 12.3 Å². The van der Waals surface area contributed by atoms with E-state index >= 15 is 0 Å². The highest BCUT2D eigenvalue weighted by Crippen LogP contribution is 2.17. The summed E-state index contributed by atoms with van der Waals surface area (Å²) in [6.07, 6.45) is 6.07. The molecule has 12 heavy (non-hydrogen) atoms. The van der Waals surface area contributed by atoms with Crippen molar-refractivity contribution in [2.45, 2.75) is 18.6 Å². The highest BCUT2D eigenvalue weighted by atomic mass is 16.1. The molecular weight excluding hydrogens is 156 g/mol. The molecule has 0 radical (unpaired) electrons. The molecule has 1 saturated heterocycles. The summed E-state index contributed by atoms with van der Waals surface area (Å²) in [6.45, 7) is 0. The third-order valence-electron chi connectivity index (χ3n) is 2.01. The summed E-state index contributed by atoms with van der Waals surface area (Å²) in [6, 6.07) is -0.283. The Labute approximate surface area is 69.9 Å². The maximum atomic E-state index is 10.8. The number of nitrogens with one attached hydrogen (secondary N) is 1. The number of carbonyl (C=O) groups excluding carboxylic acids is 1. The van der Waals surface area contributed by atoms with Crippen LogP contribution >= 0.6 is 0 Å². The average molecular weight is 166 g/mol. The molecule has 2 atom stereocenters. The molecule has 0 aromatic carbocycles. The van der Waals surface area contributed by atoms with E-state index in [-0.39, 0.29) is 18.1 Å². The minimum Gasteiger partial charge on any atom is -0.368 e. The molecule has 1 fully saturated rings. The van der Waals surface area contributed by atoms with Crippen LogP contribution in [0, 0.1) is 0 Å². The van der Waals surface area contributed by atoms with Gasteiger partial charge in [-0.1, -0.05) is 0 Å². The number of nitrogens with two attached hydrogens (primary N) is 1. The summed E-state index contributed by atoms with van der Waals surface area (Å²) in [7, 11) is 0. The van der Waals surface area contributed by atoms with Gasteiger partial charge in [-0.05, 0) is 6.08 Å². The maximum Gasteiger partial charge on any atom is 0.236 e. The van der Waals surface area contributed by atoms with Crippen LogP contribution in [0.4, 0.5) is 0 Å². The lowest BCUT2D eigenvalue weighted by atomic mass is 10.2. The Hall–Kier alpha value is -1.36.